The summed E-state index contributed by atoms with van der Waals surface area (Å²) < 4.78 is 6.69. The second-order valence-corrected chi connectivity index (χ2v) is 7.45. The second-order valence-electron chi connectivity index (χ2n) is 6.61. The molecule has 0 radical (unpaired) electrons. The Labute approximate surface area is 166 Å². The molecule has 0 aliphatic rings. The van der Waals surface area contributed by atoms with E-state index in [0.717, 1.165) is 18.5 Å². The molecule has 1 aromatic carbocycles. The van der Waals surface area contributed by atoms with Gasteiger partial charge in [0.1, 0.15) is 6.61 Å². The zero-order chi connectivity index (χ0) is 20.1. The van der Waals surface area contributed by atoms with Gasteiger partial charge in [0, 0.05) is 29.1 Å². The molecule has 0 saturated heterocycles. The van der Waals surface area contributed by atoms with E-state index >= 15 is 0 Å². The van der Waals surface area contributed by atoms with Gasteiger partial charge in [0.05, 0.1) is 12.1 Å². The first-order valence-electron chi connectivity index (χ1n) is 9.22. The Morgan fingerprint density at radius 3 is 2.64 bits per heavy atom. The average molecular weight is 398 g/mol. The largest absolute Gasteiger partial charge is 0.459 e. The Balaban J connectivity index is 1.51. The van der Waals surface area contributed by atoms with Crippen LogP contribution in [0.5, 0.6) is 0 Å². The molecule has 0 N–H and O–H groups in total. The number of esters is 1. The number of rotatable bonds is 8. The van der Waals surface area contributed by atoms with Crippen LogP contribution in [0.1, 0.15) is 53.5 Å². The Hall–Kier alpha value is -2.80. The van der Waals surface area contributed by atoms with Crippen molar-refractivity contribution in [2.75, 3.05) is 0 Å². The van der Waals surface area contributed by atoms with Gasteiger partial charge >= 0.3 is 5.97 Å². The summed E-state index contributed by atoms with van der Waals surface area (Å²) in [6, 6.07) is 8.86. The van der Waals surface area contributed by atoms with Crippen LogP contribution in [0, 0.1) is 6.92 Å². The number of benzene rings is 1. The van der Waals surface area contributed by atoms with E-state index in [4.69, 9.17) is 4.74 Å². The molecule has 2 heterocycles. The van der Waals surface area contributed by atoms with Crippen molar-refractivity contribution < 1.29 is 14.3 Å². The lowest BCUT2D eigenvalue weighted by Crippen LogP contribution is -2.16. The van der Waals surface area contributed by atoms with Crippen LogP contribution in [0.3, 0.4) is 0 Å². The maximum atomic E-state index is 12.2. The summed E-state index contributed by atoms with van der Waals surface area (Å²) in [5, 5.41) is 1.85. The fraction of sp³-hybridized carbons (Fsp3) is 0.333. The van der Waals surface area contributed by atoms with Gasteiger partial charge in [-0.2, -0.15) is 0 Å². The van der Waals surface area contributed by atoms with Gasteiger partial charge in [-0.3, -0.25) is 18.8 Å². The van der Waals surface area contributed by atoms with Gasteiger partial charge in [-0.05, 0) is 18.9 Å². The summed E-state index contributed by atoms with van der Waals surface area (Å²) in [4.78, 5) is 41.2. The molecule has 0 spiro atoms. The molecule has 3 aromatic rings. The fourth-order valence-corrected chi connectivity index (χ4v) is 3.80. The number of fused-ring (bicyclic) bond motifs is 1. The van der Waals surface area contributed by atoms with Crippen molar-refractivity contribution in [3.8, 4) is 0 Å². The number of Topliss-reactive ketones (excluding diaryl/α,β-unsaturated/α-hetero) is 1. The Kier molecular flexibility index (Phi) is 6.36. The first kappa shape index (κ1) is 19.9. The molecule has 0 atom stereocenters. The molecule has 0 bridgehead atoms. The van der Waals surface area contributed by atoms with Gasteiger partial charge in [0.2, 0.25) is 0 Å². The number of thiazole rings is 1. The third kappa shape index (κ3) is 4.72. The third-order valence-electron chi connectivity index (χ3n) is 4.38. The van der Waals surface area contributed by atoms with Crippen LogP contribution in [0.25, 0.3) is 4.96 Å². The van der Waals surface area contributed by atoms with E-state index in [1.165, 1.54) is 27.4 Å². The van der Waals surface area contributed by atoms with E-state index in [1.54, 1.807) is 12.1 Å². The highest BCUT2D eigenvalue weighted by molar-refractivity contribution is 7.15. The van der Waals surface area contributed by atoms with Gasteiger partial charge < -0.3 is 4.74 Å². The van der Waals surface area contributed by atoms with Crippen molar-refractivity contribution in [1.82, 2.24) is 9.38 Å². The zero-order valence-corrected chi connectivity index (χ0v) is 16.8. The Morgan fingerprint density at radius 1 is 1.18 bits per heavy atom. The molecule has 0 aliphatic carbocycles. The van der Waals surface area contributed by atoms with E-state index in [0.29, 0.717) is 16.2 Å². The molecule has 28 heavy (non-hydrogen) atoms. The van der Waals surface area contributed by atoms with E-state index in [9.17, 15) is 14.4 Å². The Bertz CT molecular complexity index is 1050. The lowest BCUT2D eigenvalue weighted by atomic mass is 10.0. The van der Waals surface area contributed by atoms with Crippen LogP contribution in [0.4, 0.5) is 0 Å². The van der Waals surface area contributed by atoms with Crippen molar-refractivity contribution >= 4 is 28.1 Å². The molecule has 0 unspecified atom stereocenters. The summed E-state index contributed by atoms with van der Waals surface area (Å²) in [6.45, 7) is 3.86. The summed E-state index contributed by atoms with van der Waals surface area (Å²) in [5.41, 5.74) is 2.82. The highest BCUT2D eigenvalue weighted by Gasteiger charge is 2.12. The maximum Gasteiger partial charge on any atom is 0.306 e. The molecule has 146 valence electrons. The molecule has 0 fully saturated rings. The minimum atomic E-state index is -0.486. The summed E-state index contributed by atoms with van der Waals surface area (Å²) in [7, 11) is 0. The van der Waals surface area contributed by atoms with Crippen LogP contribution in [0.2, 0.25) is 0 Å². The first-order chi connectivity index (χ1) is 13.5. The number of carbonyl (C=O) groups excluding carboxylic acids is 2. The van der Waals surface area contributed by atoms with Gasteiger partial charge in [0.25, 0.3) is 5.56 Å². The number of ketones is 1. The predicted octanol–water partition coefficient (Wildman–Crippen LogP) is 3.72. The minimum Gasteiger partial charge on any atom is -0.459 e. The average Bonchev–Trinajstić information content (AvgIpc) is 3.06. The number of aryl methyl sites for hydroxylation is 2. The molecule has 6 nitrogen and oxygen atoms in total. The number of nitrogens with zero attached hydrogens (tertiary/aromatic N) is 2. The number of ether oxygens (including phenoxy) is 1. The number of hydrogen-bond donors (Lipinski definition) is 0. The van der Waals surface area contributed by atoms with E-state index in [-0.39, 0.29) is 30.8 Å². The Morgan fingerprint density at radius 2 is 1.93 bits per heavy atom. The first-order valence-corrected chi connectivity index (χ1v) is 10.1. The predicted molar refractivity (Wildman–Crippen MR) is 108 cm³/mol. The van der Waals surface area contributed by atoms with Crippen molar-refractivity contribution in [1.29, 1.82) is 0 Å². The fourth-order valence-electron chi connectivity index (χ4n) is 2.91. The lowest BCUT2D eigenvalue weighted by molar-refractivity contribution is -0.145. The molecule has 7 heteroatoms. The molecule has 0 amide bonds. The van der Waals surface area contributed by atoms with Gasteiger partial charge in [-0.15, -0.1) is 11.3 Å². The summed E-state index contributed by atoms with van der Waals surface area (Å²) >= 11 is 1.36. The van der Waals surface area contributed by atoms with Gasteiger partial charge in [0.15, 0.2) is 10.7 Å². The van der Waals surface area contributed by atoms with E-state index < -0.39 is 5.97 Å². The summed E-state index contributed by atoms with van der Waals surface area (Å²) in [6.07, 6.45) is 2.12. The molecule has 2 aromatic heterocycles. The second kappa shape index (κ2) is 8.93. The van der Waals surface area contributed by atoms with Gasteiger partial charge in [-0.1, -0.05) is 37.6 Å². The molecular formula is C21H22N2O4S. The highest BCUT2D eigenvalue weighted by Crippen LogP contribution is 2.13. The molecule has 0 saturated carbocycles. The van der Waals surface area contributed by atoms with Crippen LogP contribution in [0.15, 0.2) is 40.5 Å². The van der Waals surface area contributed by atoms with Crippen molar-refractivity contribution in [2.45, 2.75) is 46.1 Å². The third-order valence-corrected chi connectivity index (χ3v) is 5.32. The lowest BCUT2D eigenvalue weighted by Gasteiger charge is -2.05. The quantitative estimate of drug-likeness (QED) is 0.427. The number of carbonyl (C=O) groups is 2. The van der Waals surface area contributed by atoms with Crippen molar-refractivity contribution in [3.63, 3.8) is 0 Å². The smallest absolute Gasteiger partial charge is 0.306 e. The highest BCUT2D eigenvalue weighted by atomic mass is 32.1. The standard InChI is InChI=1S/C21H22N2O4S/c1-3-4-15-5-7-16(8-6-15)18(24)9-10-20(26)27-12-17-11-19(25)23-14(2)13-28-21(23)22-17/h5-8,11,13H,3-4,9-10,12H2,1-2H3. The van der Waals surface area contributed by atoms with Crippen LogP contribution >= 0.6 is 11.3 Å². The van der Waals surface area contributed by atoms with Crippen LogP contribution in [-0.2, 0) is 22.6 Å². The van der Waals surface area contributed by atoms with Gasteiger partial charge in [-0.25, -0.2) is 4.98 Å². The van der Waals surface area contributed by atoms with E-state index in [2.05, 4.69) is 11.9 Å². The monoisotopic (exact) mass is 398 g/mol. The van der Waals surface area contributed by atoms with E-state index in [1.807, 2.05) is 24.4 Å². The number of aromatic nitrogens is 2. The maximum absolute atomic E-state index is 12.2. The molecular weight excluding hydrogens is 376 g/mol. The number of hydrogen-bond acceptors (Lipinski definition) is 6. The van der Waals surface area contributed by atoms with Crippen LogP contribution in [-0.4, -0.2) is 21.1 Å². The molecule has 0 aliphatic heterocycles. The summed E-state index contributed by atoms with van der Waals surface area (Å²) in [5.74, 6) is -0.577. The zero-order valence-electron chi connectivity index (χ0n) is 15.9. The van der Waals surface area contributed by atoms with Crippen LogP contribution < -0.4 is 5.56 Å². The normalized spacial score (nSPS) is 10.9. The van der Waals surface area contributed by atoms with Crippen molar-refractivity contribution in [2.24, 2.45) is 0 Å². The minimum absolute atomic E-state index is 0.00508. The molecule has 3 rings (SSSR count). The van der Waals surface area contributed by atoms with Crippen molar-refractivity contribution in [3.05, 3.63) is 68.6 Å². The SMILES string of the molecule is CCCc1ccc(C(=O)CCC(=O)OCc2cc(=O)n3c(C)csc3n2)cc1. The topological polar surface area (TPSA) is 77.7 Å².